The van der Waals surface area contributed by atoms with Crippen molar-refractivity contribution < 1.29 is 32.3 Å². The van der Waals surface area contributed by atoms with Crippen LogP contribution in [-0.2, 0) is 22.3 Å². The first-order valence-corrected chi connectivity index (χ1v) is 12.5. The summed E-state index contributed by atoms with van der Waals surface area (Å²) < 4.78 is 44.9. The number of alkyl halides is 3. The van der Waals surface area contributed by atoms with E-state index in [-0.39, 0.29) is 11.7 Å². The second kappa shape index (κ2) is 12.1. The summed E-state index contributed by atoms with van der Waals surface area (Å²) in [5, 5.41) is 7.92. The maximum atomic E-state index is 13.3. The molecule has 0 aliphatic carbocycles. The number of hydrogen-bond donors (Lipinski definition) is 4. The van der Waals surface area contributed by atoms with Crippen LogP contribution in [0.2, 0.25) is 5.02 Å². The van der Waals surface area contributed by atoms with Gasteiger partial charge in [0.2, 0.25) is 5.91 Å². The molecule has 39 heavy (non-hydrogen) atoms. The molecule has 9 nitrogen and oxygen atoms in total. The summed E-state index contributed by atoms with van der Waals surface area (Å²) in [5.41, 5.74) is 4.71. The topological polar surface area (TPSA) is 126 Å². The summed E-state index contributed by atoms with van der Waals surface area (Å²) in [4.78, 5) is 39.5. The quantitative estimate of drug-likeness (QED) is 0.366. The van der Waals surface area contributed by atoms with Gasteiger partial charge in [0.05, 0.1) is 34.1 Å². The fourth-order valence-electron chi connectivity index (χ4n) is 4.01. The van der Waals surface area contributed by atoms with Crippen molar-refractivity contribution in [2.45, 2.75) is 51.6 Å². The van der Waals surface area contributed by atoms with Gasteiger partial charge in [-0.1, -0.05) is 17.7 Å². The highest BCUT2D eigenvalue weighted by molar-refractivity contribution is 6.33. The molecule has 2 aromatic rings. The summed E-state index contributed by atoms with van der Waals surface area (Å²) in [7, 11) is 0. The zero-order valence-corrected chi connectivity index (χ0v) is 22.5. The van der Waals surface area contributed by atoms with E-state index in [0.717, 1.165) is 24.2 Å². The van der Waals surface area contributed by atoms with Gasteiger partial charge in [0.1, 0.15) is 5.60 Å². The molecule has 0 aromatic heterocycles. The molecule has 1 aliphatic rings. The lowest BCUT2D eigenvalue weighted by Crippen LogP contribution is -2.43. The number of nitrogen functional groups attached to an aromatic ring is 1. The van der Waals surface area contributed by atoms with Crippen LogP contribution in [0.4, 0.5) is 29.3 Å². The van der Waals surface area contributed by atoms with Crippen LogP contribution in [0.3, 0.4) is 0 Å². The number of hydrogen-bond acceptors (Lipinski definition) is 6. The van der Waals surface area contributed by atoms with Gasteiger partial charge in [-0.3, -0.25) is 19.8 Å². The Morgan fingerprint density at radius 3 is 2.49 bits per heavy atom. The maximum absolute atomic E-state index is 13.3. The van der Waals surface area contributed by atoms with Gasteiger partial charge in [-0.25, -0.2) is 4.79 Å². The van der Waals surface area contributed by atoms with Gasteiger partial charge in [-0.15, -0.1) is 0 Å². The lowest BCUT2D eigenvalue weighted by molar-refractivity contribution is -0.137. The third kappa shape index (κ3) is 9.03. The molecule has 1 aliphatic heterocycles. The predicted molar refractivity (Wildman–Crippen MR) is 141 cm³/mol. The van der Waals surface area contributed by atoms with Gasteiger partial charge in [-0.05, 0) is 63.1 Å². The number of carbonyl (C=O) groups is 3. The smallest absolute Gasteiger partial charge is 0.416 e. The number of likely N-dealkylation sites (tertiary alicyclic amines) is 1. The SMILES string of the molecule is CC(C)(C)OC(=O)Nc1ccc(C(F)(F)F)cc1C(=O)NCC(=O)NC1CCN(Cc2ccc(Cl)c(N)c2)C1. The van der Waals surface area contributed by atoms with Crippen molar-refractivity contribution in [1.82, 2.24) is 15.5 Å². The molecule has 1 unspecified atom stereocenters. The lowest BCUT2D eigenvalue weighted by Gasteiger charge is -2.21. The van der Waals surface area contributed by atoms with Crippen LogP contribution in [0.15, 0.2) is 36.4 Å². The van der Waals surface area contributed by atoms with Crippen molar-refractivity contribution in [1.29, 1.82) is 0 Å². The Labute approximate surface area is 229 Å². The highest BCUT2D eigenvalue weighted by Gasteiger charge is 2.32. The van der Waals surface area contributed by atoms with Crippen LogP contribution >= 0.6 is 11.6 Å². The fourth-order valence-corrected chi connectivity index (χ4v) is 4.13. The summed E-state index contributed by atoms with van der Waals surface area (Å²) in [5.74, 6) is -1.46. The molecule has 0 radical (unpaired) electrons. The molecule has 3 amide bonds. The zero-order valence-electron chi connectivity index (χ0n) is 21.7. The fraction of sp³-hybridized carbons (Fsp3) is 0.423. The average molecular weight is 570 g/mol. The highest BCUT2D eigenvalue weighted by Crippen LogP contribution is 2.32. The Balaban J connectivity index is 1.58. The van der Waals surface area contributed by atoms with Crippen molar-refractivity contribution >= 4 is 40.9 Å². The van der Waals surface area contributed by atoms with E-state index in [4.69, 9.17) is 22.1 Å². The van der Waals surface area contributed by atoms with E-state index >= 15 is 0 Å². The van der Waals surface area contributed by atoms with Crippen LogP contribution in [0, 0.1) is 0 Å². The average Bonchev–Trinajstić information content (AvgIpc) is 3.24. The van der Waals surface area contributed by atoms with Crippen molar-refractivity contribution in [3.8, 4) is 0 Å². The second-order valence-electron chi connectivity index (χ2n) is 10.2. The van der Waals surface area contributed by atoms with E-state index < -0.39 is 47.4 Å². The molecule has 1 heterocycles. The highest BCUT2D eigenvalue weighted by atomic mass is 35.5. The number of ether oxygens (including phenoxy) is 1. The van der Waals surface area contributed by atoms with Gasteiger partial charge in [-0.2, -0.15) is 13.2 Å². The number of nitrogens with zero attached hydrogens (tertiary/aromatic N) is 1. The maximum Gasteiger partial charge on any atom is 0.416 e. The minimum atomic E-state index is -4.72. The largest absolute Gasteiger partial charge is 0.444 e. The van der Waals surface area contributed by atoms with E-state index in [1.807, 2.05) is 6.07 Å². The van der Waals surface area contributed by atoms with Gasteiger partial charge < -0.3 is 21.1 Å². The van der Waals surface area contributed by atoms with E-state index in [9.17, 15) is 27.6 Å². The minimum absolute atomic E-state index is 0.169. The number of rotatable bonds is 7. The third-order valence-corrected chi connectivity index (χ3v) is 6.08. The number of nitrogens with two attached hydrogens (primary N) is 1. The monoisotopic (exact) mass is 569 g/mol. The Morgan fingerprint density at radius 1 is 1.13 bits per heavy atom. The molecular formula is C26H31ClF3N5O4. The van der Waals surface area contributed by atoms with Crippen molar-refractivity contribution in [2.24, 2.45) is 0 Å². The van der Waals surface area contributed by atoms with Crippen LogP contribution < -0.4 is 21.7 Å². The summed E-state index contributed by atoms with van der Waals surface area (Å²) in [6.07, 6.45) is -4.98. The predicted octanol–water partition coefficient (Wildman–Crippen LogP) is 4.41. The summed E-state index contributed by atoms with van der Waals surface area (Å²) in [6, 6.07) is 7.53. The number of nitrogens with one attached hydrogen (secondary N) is 3. The van der Waals surface area contributed by atoms with Crippen LogP contribution in [0.25, 0.3) is 0 Å². The van der Waals surface area contributed by atoms with E-state index in [2.05, 4.69) is 20.9 Å². The van der Waals surface area contributed by atoms with Gasteiger partial charge >= 0.3 is 12.3 Å². The molecule has 3 rings (SSSR count). The summed E-state index contributed by atoms with van der Waals surface area (Å²) in [6.45, 7) is 6.29. The number of benzene rings is 2. The molecule has 0 bridgehead atoms. The first-order valence-electron chi connectivity index (χ1n) is 12.2. The van der Waals surface area contributed by atoms with Crippen LogP contribution in [0.5, 0.6) is 0 Å². The molecule has 0 spiro atoms. The number of amides is 3. The number of halogens is 4. The zero-order chi connectivity index (χ0) is 29.0. The van der Waals surface area contributed by atoms with E-state index in [1.54, 1.807) is 32.9 Å². The second-order valence-corrected chi connectivity index (χ2v) is 10.6. The molecule has 1 fully saturated rings. The van der Waals surface area contributed by atoms with Crippen LogP contribution in [-0.4, -0.2) is 54.1 Å². The Morgan fingerprint density at radius 2 is 1.85 bits per heavy atom. The Kier molecular flexibility index (Phi) is 9.34. The van der Waals surface area contributed by atoms with E-state index in [0.29, 0.717) is 36.3 Å². The lowest BCUT2D eigenvalue weighted by atomic mass is 10.1. The van der Waals surface area contributed by atoms with Crippen molar-refractivity contribution in [3.63, 3.8) is 0 Å². The molecule has 13 heteroatoms. The van der Waals surface area contributed by atoms with Gasteiger partial charge in [0.15, 0.2) is 0 Å². The molecule has 212 valence electrons. The van der Waals surface area contributed by atoms with E-state index in [1.165, 1.54) is 0 Å². The summed E-state index contributed by atoms with van der Waals surface area (Å²) >= 11 is 5.96. The van der Waals surface area contributed by atoms with Crippen molar-refractivity contribution in [3.05, 3.63) is 58.1 Å². The molecule has 1 saturated heterocycles. The van der Waals surface area contributed by atoms with Gasteiger partial charge in [0.25, 0.3) is 5.91 Å². The van der Waals surface area contributed by atoms with Crippen LogP contribution in [0.1, 0.15) is 48.7 Å². The molecule has 1 atom stereocenters. The molecule has 0 saturated carbocycles. The normalized spacial score (nSPS) is 16.0. The number of carbonyl (C=O) groups excluding carboxylic acids is 3. The van der Waals surface area contributed by atoms with Crippen molar-refractivity contribution in [2.75, 3.05) is 30.7 Å². The molecule has 2 aromatic carbocycles. The third-order valence-electron chi connectivity index (χ3n) is 5.74. The molecular weight excluding hydrogens is 539 g/mol. The molecule has 5 N–H and O–H groups in total. The standard InChI is InChI=1S/C26H31ClF3N5O4/c1-25(2,3)39-24(38)34-21-7-5-16(26(28,29)30)11-18(21)23(37)32-12-22(36)33-17-8-9-35(14-17)13-15-4-6-19(27)20(31)10-15/h4-7,10-11,17H,8-9,12-14,31H2,1-3H3,(H,32,37)(H,33,36)(H,34,38). The van der Waals surface area contributed by atoms with Gasteiger partial charge in [0, 0.05) is 25.7 Å². The Bertz CT molecular complexity index is 1230. The first-order chi connectivity index (χ1) is 18.1. The minimum Gasteiger partial charge on any atom is -0.444 e. The first kappa shape index (κ1) is 30.0. The number of anilines is 2. The Hall–Kier alpha value is -3.51.